The number of hydrogen-bond donors (Lipinski definition) is 0. The third kappa shape index (κ3) is 2.82. The van der Waals surface area contributed by atoms with E-state index in [1.54, 1.807) is 24.0 Å². The van der Waals surface area contributed by atoms with E-state index in [1.807, 2.05) is 12.1 Å². The quantitative estimate of drug-likeness (QED) is 0.829. The van der Waals surface area contributed by atoms with Crippen molar-refractivity contribution in [1.82, 2.24) is 18.8 Å². The first-order chi connectivity index (χ1) is 10.1. The highest BCUT2D eigenvalue weighted by Gasteiger charge is 2.32. The molecule has 0 amide bonds. The summed E-state index contributed by atoms with van der Waals surface area (Å²) in [6.07, 6.45) is 6.05. The summed E-state index contributed by atoms with van der Waals surface area (Å²) < 4.78 is 33.8. The summed E-state index contributed by atoms with van der Waals surface area (Å²) in [5.74, 6) is 0. The van der Waals surface area contributed by atoms with E-state index in [1.165, 1.54) is 16.8 Å². The summed E-state index contributed by atoms with van der Waals surface area (Å²) in [6.45, 7) is 0.975. The molecule has 3 rings (SSSR count). The van der Waals surface area contributed by atoms with E-state index < -0.39 is 10.0 Å². The molecule has 3 heterocycles. The largest absolute Gasteiger partial charge is 0.371 e. The van der Waals surface area contributed by atoms with Gasteiger partial charge in [0.2, 0.25) is 0 Å². The van der Waals surface area contributed by atoms with Gasteiger partial charge in [-0.15, -0.1) is 0 Å². The van der Waals surface area contributed by atoms with Crippen molar-refractivity contribution in [2.75, 3.05) is 19.7 Å². The number of morpholine rings is 1. The SMILES string of the molecule is Cn1cnc(S(=O)(=O)N2CCO[C@@H](c3ccncc3)C2)c1. The Bertz CT molecular complexity index is 714. The van der Waals surface area contributed by atoms with Crippen molar-refractivity contribution in [3.8, 4) is 0 Å². The predicted octanol–water partition coefficient (Wildman–Crippen LogP) is 0.577. The summed E-state index contributed by atoms with van der Waals surface area (Å²) in [4.78, 5) is 7.90. The molecule has 1 aliphatic heterocycles. The van der Waals surface area contributed by atoms with E-state index in [4.69, 9.17) is 4.74 Å². The third-order valence-electron chi connectivity index (χ3n) is 3.39. The minimum absolute atomic E-state index is 0.0698. The van der Waals surface area contributed by atoms with Gasteiger partial charge in [0.25, 0.3) is 10.0 Å². The number of ether oxygens (including phenoxy) is 1. The summed E-state index contributed by atoms with van der Waals surface area (Å²) in [5, 5.41) is 0.0698. The minimum atomic E-state index is -3.58. The molecular weight excluding hydrogens is 292 g/mol. The van der Waals surface area contributed by atoms with Gasteiger partial charge in [-0.1, -0.05) is 0 Å². The summed E-state index contributed by atoms with van der Waals surface area (Å²) in [7, 11) is -1.84. The van der Waals surface area contributed by atoms with Crippen LogP contribution in [0, 0.1) is 0 Å². The van der Waals surface area contributed by atoms with E-state index in [-0.39, 0.29) is 17.7 Å². The fourth-order valence-corrected chi connectivity index (χ4v) is 3.67. The first-order valence-electron chi connectivity index (χ1n) is 6.57. The number of imidazole rings is 1. The number of aryl methyl sites for hydroxylation is 1. The smallest absolute Gasteiger partial charge is 0.262 e. The first-order valence-corrected chi connectivity index (χ1v) is 8.01. The summed E-state index contributed by atoms with van der Waals surface area (Å²) in [5.41, 5.74) is 0.922. The van der Waals surface area contributed by atoms with Crippen LogP contribution in [-0.4, -0.2) is 47.0 Å². The molecule has 1 saturated heterocycles. The maximum atomic E-state index is 12.6. The zero-order valence-electron chi connectivity index (χ0n) is 11.6. The van der Waals surface area contributed by atoms with Crippen LogP contribution in [0.15, 0.2) is 42.1 Å². The predicted molar refractivity (Wildman–Crippen MR) is 74.9 cm³/mol. The molecule has 1 atom stereocenters. The topological polar surface area (TPSA) is 77.3 Å². The van der Waals surface area contributed by atoms with E-state index in [0.29, 0.717) is 13.2 Å². The molecule has 0 N–H and O–H groups in total. The van der Waals surface area contributed by atoms with Crippen molar-refractivity contribution < 1.29 is 13.2 Å². The van der Waals surface area contributed by atoms with Gasteiger partial charge in [-0.3, -0.25) is 4.98 Å². The van der Waals surface area contributed by atoms with Gasteiger partial charge in [-0.2, -0.15) is 4.31 Å². The van der Waals surface area contributed by atoms with Gasteiger partial charge < -0.3 is 9.30 Å². The monoisotopic (exact) mass is 308 g/mol. The molecule has 2 aromatic rings. The fourth-order valence-electron chi connectivity index (χ4n) is 2.28. The van der Waals surface area contributed by atoms with E-state index in [0.717, 1.165) is 5.56 Å². The van der Waals surface area contributed by atoms with Crippen LogP contribution in [0.1, 0.15) is 11.7 Å². The third-order valence-corrected chi connectivity index (χ3v) is 5.14. The molecule has 0 saturated carbocycles. The number of sulfonamides is 1. The second-order valence-electron chi connectivity index (χ2n) is 4.88. The Morgan fingerprint density at radius 1 is 1.33 bits per heavy atom. The molecule has 21 heavy (non-hydrogen) atoms. The number of aromatic nitrogens is 3. The Hall–Kier alpha value is -1.77. The van der Waals surface area contributed by atoms with Gasteiger partial charge in [0, 0.05) is 38.7 Å². The van der Waals surface area contributed by atoms with Gasteiger partial charge in [0.05, 0.1) is 19.0 Å². The number of hydrogen-bond acceptors (Lipinski definition) is 5. The van der Waals surface area contributed by atoms with Gasteiger partial charge in [-0.25, -0.2) is 13.4 Å². The lowest BCUT2D eigenvalue weighted by Gasteiger charge is -2.31. The normalized spacial score (nSPS) is 20.5. The highest BCUT2D eigenvalue weighted by molar-refractivity contribution is 7.89. The Labute approximate surface area is 123 Å². The second kappa shape index (κ2) is 5.55. The van der Waals surface area contributed by atoms with Crippen molar-refractivity contribution in [2.24, 2.45) is 7.05 Å². The Balaban J connectivity index is 1.83. The lowest BCUT2D eigenvalue weighted by Crippen LogP contribution is -2.42. The summed E-state index contributed by atoms with van der Waals surface area (Å²) >= 11 is 0. The van der Waals surface area contributed by atoms with Crippen LogP contribution in [0.25, 0.3) is 0 Å². The Morgan fingerprint density at radius 3 is 2.76 bits per heavy atom. The van der Waals surface area contributed by atoms with Crippen LogP contribution in [0.4, 0.5) is 0 Å². The number of pyridine rings is 1. The van der Waals surface area contributed by atoms with Crippen LogP contribution in [-0.2, 0) is 21.8 Å². The van der Waals surface area contributed by atoms with Crippen LogP contribution < -0.4 is 0 Å². The first kappa shape index (κ1) is 14.2. The van der Waals surface area contributed by atoms with Crippen LogP contribution >= 0.6 is 0 Å². The molecule has 1 fully saturated rings. The molecular formula is C13H16N4O3S. The average molecular weight is 308 g/mol. The second-order valence-corrected chi connectivity index (χ2v) is 6.77. The standard InChI is InChI=1S/C13H16N4O3S/c1-16-9-13(15-10-16)21(18,19)17-6-7-20-12(8-17)11-2-4-14-5-3-11/h2-5,9-10,12H,6-8H2,1H3/t12-/m1/s1. The lowest BCUT2D eigenvalue weighted by atomic mass is 10.1. The van der Waals surface area contributed by atoms with Crippen molar-refractivity contribution in [3.63, 3.8) is 0 Å². The molecule has 8 heteroatoms. The highest BCUT2D eigenvalue weighted by Crippen LogP contribution is 2.25. The molecule has 0 spiro atoms. The van der Waals surface area contributed by atoms with Gasteiger partial charge >= 0.3 is 0 Å². The lowest BCUT2D eigenvalue weighted by molar-refractivity contribution is -0.00266. The number of nitrogens with zero attached hydrogens (tertiary/aromatic N) is 4. The molecule has 112 valence electrons. The van der Waals surface area contributed by atoms with Gasteiger partial charge in [-0.05, 0) is 17.7 Å². The Kier molecular flexibility index (Phi) is 3.75. The maximum absolute atomic E-state index is 12.6. The molecule has 0 aliphatic carbocycles. The summed E-state index contributed by atoms with van der Waals surface area (Å²) in [6, 6.07) is 3.67. The van der Waals surface area contributed by atoms with E-state index in [9.17, 15) is 8.42 Å². The van der Waals surface area contributed by atoms with Crippen LogP contribution in [0.3, 0.4) is 0 Å². The average Bonchev–Trinajstić information content (AvgIpc) is 2.96. The molecule has 0 unspecified atom stereocenters. The van der Waals surface area contributed by atoms with Crippen LogP contribution in [0.2, 0.25) is 0 Å². The van der Waals surface area contributed by atoms with E-state index in [2.05, 4.69) is 9.97 Å². The molecule has 2 aromatic heterocycles. The zero-order valence-corrected chi connectivity index (χ0v) is 12.4. The highest BCUT2D eigenvalue weighted by atomic mass is 32.2. The molecule has 0 aromatic carbocycles. The maximum Gasteiger partial charge on any atom is 0.262 e. The fraction of sp³-hybridized carbons (Fsp3) is 0.385. The van der Waals surface area contributed by atoms with Crippen molar-refractivity contribution in [1.29, 1.82) is 0 Å². The molecule has 7 nitrogen and oxygen atoms in total. The van der Waals surface area contributed by atoms with Crippen LogP contribution in [0.5, 0.6) is 0 Å². The number of rotatable bonds is 3. The zero-order chi connectivity index (χ0) is 14.9. The van der Waals surface area contributed by atoms with Crippen molar-refractivity contribution >= 4 is 10.0 Å². The minimum Gasteiger partial charge on any atom is -0.371 e. The Morgan fingerprint density at radius 2 is 2.10 bits per heavy atom. The molecule has 0 radical (unpaired) electrons. The van der Waals surface area contributed by atoms with Crippen molar-refractivity contribution in [3.05, 3.63) is 42.6 Å². The molecule has 0 bridgehead atoms. The van der Waals surface area contributed by atoms with Crippen molar-refractivity contribution in [2.45, 2.75) is 11.1 Å². The molecule has 1 aliphatic rings. The van der Waals surface area contributed by atoms with Gasteiger partial charge in [0.15, 0.2) is 5.03 Å². The van der Waals surface area contributed by atoms with Gasteiger partial charge in [0.1, 0.15) is 0 Å². The van der Waals surface area contributed by atoms with E-state index >= 15 is 0 Å².